The number of nitrogens with zero attached hydrogens (tertiary/aromatic N) is 2. The molecule has 2 unspecified atom stereocenters. The average Bonchev–Trinajstić information content (AvgIpc) is 3.37. The highest BCUT2D eigenvalue weighted by Crippen LogP contribution is 2.39. The Hall–Kier alpha value is -2.66. The van der Waals surface area contributed by atoms with Crippen LogP contribution in [0.3, 0.4) is 0 Å². The minimum absolute atomic E-state index is 0.0345. The van der Waals surface area contributed by atoms with Crippen LogP contribution in [-0.2, 0) is 16.0 Å². The Morgan fingerprint density at radius 3 is 2.67 bits per heavy atom. The molecule has 3 aliphatic rings. The van der Waals surface area contributed by atoms with Crippen LogP contribution in [0.2, 0.25) is 0 Å². The van der Waals surface area contributed by atoms with Crippen LogP contribution >= 0.6 is 0 Å². The van der Waals surface area contributed by atoms with E-state index in [0.717, 1.165) is 18.5 Å². The topological polar surface area (TPSA) is 66.6 Å². The number of benzene rings is 2. The van der Waals surface area contributed by atoms with Crippen molar-refractivity contribution in [1.82, 2.24) is 4.90 Å². The molecule has 2 heterocycles. The zero-order valence-corrected chi connectivity index (χ0v) is 15.2. The Morgan fingerprint density at radius 1 is 1.04 bits per heavy atom. The summed E-state index contributed by atoms with van der Waals surface area (Å²) in [4.78, 5) is 29.0. The maximum absolute atomic E-state index is 12.7. The third-order valence-electron chi connectivity index (χ3n) is 6.10. The molecule has 0 spiro atoms. The van der Waals surface area contributed by atoms with Gasteiger partial charge in [-0.1, -0.05) is 30.3 Å². The van der Waals surface area contributed by atoms with Gasteiger partial charge in [0.15, 0.2) is 0 Å². The fourth-order valence-corrected chi connectivity index (χ4v) is 4.67. The van der Waals surface area contributed by atoms with Crippen molar-refractivity contribution in [2.75, 3.05) is 24.5 Å². The number of hydrogen-bond donors (Lipinski definition) is 1. The fourth-order valence-electron chi connectivity index (χ4n) is 4.67. The Balaban J connectivity index is 1.36. The van der Waals surface area contributed by atoms with Crippen molar-refractivity contribution in [3.05, 3.63) is 53.6 Å². The number of rotatable bonds is 2. The van der Waals surface area contributed by atoms with Gasteiger partial charge >= 0.3 is 0 Å². The highest BCUT2D eigenvalue weighted by Gasteiger charge is 2.39. The maximum Gasteiger partial charge on any atom is 0.228 e. The summed E-state index contributed by atoms with van der Waals surface area (Å²) in [6.07, 6.45) is 2.04. The van der Waals surface area contributed by atoms with Crippen LogP contribution in [0.25, 0.3) is 11.1 Å². The SMILES string of the molecule is NC1CCN(C(=O)C2CC(=O)N(c3ccc4c(c3)Cc3ccccc3-4)C2)C1. The average molecular weight is 361 g/mol. The van der Waals surface area contributed by atoms with E-state index in [1.807, 2.05) is 11.0 Å². The van der Waals surface area contributed by atoms with Gasteiger partial charge in [0.25, 0.3) is 0 Å². The first-order chi connectivity index (χ1) is 13.1. The number of anilines is 1. The van der Waals surface area contributed by atoms with Gasteiger partial charge < -0.3 is 15.5 Å². The number of likely N-dealkylation sites (tertiary alicyclic amines) is 1. The fraction of sp³-hybridized carbons (Fsp3) is 0.364. The van der Waals surface area contributed by atoms with Crippen LogP contribution in [0.5, 0.6) is 0 Å². The molecule has 5 heteroatoms. The maximum atomic E-state index is 12.7. The van der Waals surface area contributed by atoms with Crippen LogP contribution in [0.1, 0.15) is 24.0 Å². The quantitative estimate of drug-likeness (QED) is 0.761. The van der Waals surface area contributed by atoms with Crippen LogP contribution in [-0.4, -0.2) is 42.4 Å². The van der Waals surface area contributed by atoms with E-state index in [1.165, 1.54) is 22.3 Å². The summed E-state index contributed by atoms with van der Waals surface area (Å²) < 4.78 is 0. The van der Waals surface area contributed by atoms with Crippen molar-refractivity contribution in [3.8, 4) is 11.1 Å². The number of fused-ring (bicyclic) bond motifs is 3. The van der Waals surface area contributed by atoms with Gasteiger partial charge in [0, 0.05) is 37.8 Å². The van der Waals surface area contributed by atoms with Crippen molar-refractivity contribution < 1.29 is 9.59 Å². The molecular weight excluding hydrogens is 338 g/mol. The van der Waals surface area contributed by atoms with Crippen LogP contribution in [0.4, 0.5) is 5.69 Å². The van der Waals surface area contributed by atoms with Gasteiger partial charge in [-0.3, -0.25) is 9.59 Å². The molecule has 2 aromatic rings. The predicted molar refractivity (Wildman–Crippen MR) is 104 cm³/mol. The zero-order valence-electron chi connectivity index (χ0n) is 15.2. The highest BCUT2D eigenvalue weighted by molar-refractivity contribution is 6.00. The van der Waals surface area contributed by atoms with Gasteiger partial charge in [-0.2, -0.15) is 0 Å². The van der Waals surface area contributed by atoms with Crippen molar-refractivity contribution in [3.63, 3.8) is 0 Å². The molecule has 5 nitrogen and oxygen atoms in total. The van der Waals surface area contributed by atoms with Crippen molar-refractivity contribution >= 4 is 17.5 Å². The van der Waals surface area contributed by atoms with Crippen molar-refractivity contribution in [2.45, 2.75) is 25.3 Å². The molecule has 138 valence electrons. The van der Waals surface area contributed by atoms with Gasteiger partial charge in [0.1, 0.15) is 0 Å². The van der Waals surface area contributed by atoms with E-state index in [0.29, 0.717) is 26.1 Å². The first kappa shape index (κ1) is 16.5. The molecule has 2 aliphatic heterocycles. The Bertz CT molecular complexity index is 939. The van der Waals surface area contributed by atoms with Crippen molar-refractivity contribution in [2.24, 2.45) is 11.7 Å². The molecule has 0 aromatic heterocycles. The second kappa shape index (κ2) is 6.20. The summed E-state index contributed by atoms with van der Waals surface area (Å²) in [5.41, 5.74) is 11.9. The summed E-state index contributed by atoms with van der Waals surface area (Å²) >= 11 is 0. The third-order valence-corrected chi connectivity index (χ3v) is 6.10. The monoisotopic (exact) mass is 361 g/mol. The van der Waals surface area contributed by atoms with Gasteiger partial charge in [0.2, 0.25) is 11.8 Å². The number of carbonyl (C=O) groups excluding carboxylic acids is 2. The summed E-state index contributed by atoms with van der Waals surface area (Å²) in [6, 6.07) is 14.7. The molecule has 0 bridgehead atoms. The van der Waals surface area contributed by atoms with Gasteiger partial charge in [-0.15, -0.1) is 0 Å². The normalized spacial score (nSPS) is 23.7. The van der Waals surface area contributed by atoms with Crippen LogP contribution < -0.4 is 10.6 Å². The molecule has 2 N–H and O–H groups in total. The lowest BCUT2D eigenvalue weighted by Crippen LogP contribution is -2.37. The summed E-state index contributed by atoms with van der Waals surface area (Å²) in [5, 5.41) is 0. The first-order valence-electron chi connectivity index (χ1n) is 9.66. The largest absolute Gasteiger partial charge is 0.341 e. The second-order valence-corrected chi connectivity index (χ2v) is 7.91. The Morgan fingerprint density at radius 2 is 1.85 bits per heavy atom. The molecule has 0 saturated carbocycles. The number of carbonyl (C=O) groups is 2. The number of nitrogens with two attached hydrogens (primary N) is 1. The van der Waals surface area contributed by atoms with E-state index < -0.39 is 0 Å². The molecule has 2 amide bonds. The second-order valence-electron chi connectivity index (χ2n) is 7.91. The lowest BCUT2D eigenvalue weighted by atomic mass is 10.1. The molecule has 1 aliphatic carbocycles. The standard InChI is InChI=1S/C22H23N3O2/c23-17-7-8-24(13-17)22(27)16-11-21(26)25(12-16)18-5-6-20-15(10-18)9-14-3-1-2-4-19(14)20/h1-6,10,16-17H,7-9,11-13,23H2. The minimum Gasteiger partial charge on any atom is -0.341 e. The molecule has 2 aromatic carbocycles. The molecule has 2 fully saturated rings. The Kier molecular flexibility index (Phi) is 3.79. The van der Waals surface area contributed by atoms with Gasteiger partial charge in [-0.05, 0) is 47.2 Å². The molecule has 5 rings (SSSR count). The van der Waals surface area contributed by atoms with E-state index >= 15 is 0 Å². The molecule has 0 radical (unpaired) electrons. The summed E-state index contributed by atoms with van der Waals surface area (Å²) in [6.45, 7) is 1.79. The summed E-state index contributed by atoms with van der Waals surface area (Å²) in [7, 11) is 0. The predicted octanol–water partition coefficient (Wildman–Crippen LogP) is 2.17. The lowest BCUT2D eigenvalue weighted by Gasteiger charge is -2.21. The van der Waals surface area contributed by atoms with Crippen LogP contribution in [0.15, 0.2) is 42.5 Å². The molecule has 27 heavy (non-hydrogen) atoms. The van der Waals surface area contributed by atoms with Crippen molar-refractivity contribution in [1.29, 1.82) is 0 Å². The molecule has 2 saturated heterocycles. The van der Waals surface area contributed by atoms with Crippen LogP contribution in [0, 0.1) is 5.92 Å². The Labute approximate surface area is 158 Å². The summed E-state index contributed by atoms with van der Waals surface area (Å²) in [5.74, 6) is -0.145. The number of hydrogen-bond acceptors (Lipinski definition) is 3. The molecule has 2 atom stereocenters. The van der Waals surface area contributed by atoms with E-state index in [-0.39, 0.29) is 23.8 Å². The zero-order chi connectivity index (χ0) is 18.5. The van der Waals surface area contributed by atoms with Gasteiger partial charge in [-0.25, -0.2) is 0 Å². The minimum atomic E-state index is -0.256. The lowest BCUT2D eigenvalue weighted by molar-refractivity contribution is -0.134. The molecular formula is C22H23N3O2. The highest BCUT2D eigenvalue weighted by atomic mass is 16.2. The third kappa shape index (κ3) is 2.73. The van der Waals surface area contributed by atoms with E-state index in [4.69, 9.17) is 5.73 Å². The first-order valence-corrected chi connectivity index (χ1v) is 9.66. The van der Waals surface area contributed by atoms with Gasteiger partial charge in [0.05, 0.1) is 5.92 Å². The van der Waals surface area contributed by atoms with E-state index in [1.54, 1.807) is 4.90 Å². The van der Waals surface area contributed by atoms with E-state index in [2.05, 4.69) is 36.4 Å². The smallest absolute Gasteiger partial charge is 0.228 e. The van der Waals surface area contributed by atoms with E-state index in [9.17, 15) is 9.59 Å². The number of amides is 2.